The first-order valence-electron chi connectivity index (χ1n) is 5.80. The van der Waals surface area contributed by atoms with Crippen LogP contribution in [0.2, 0.25) is 0 Å². The van der Waals surface area contributed by atoms with Gasteiger partial charge in [0.25, 0.3) is 0 Å². The Morgan fingerprint density at radius 3 is 2.72 bits per heavy atom. The number of cyclic esters (lactones) is 2. The first-order chi connectivity index (χ1) is 8.74. The number of benzene rings is 1. The fourth-order valence-electron chi connectivity index (χ4n) is 2.26. The van der Waals surface area contributed by atoms with Gasteiger partial charge in [-0.1, -0.05) is 30.3 Å². The molecule has 6 heteroatoms. The molecule has 94 valence electrons. The molecule has 0 radical (unpaired) electrons. The van der Waals surface area contributed by atoms with Gasteiger partial charge in [-0.25, -0.2) is 4.79 Å². The van der Waals surface area contributed by atoms with Gasteiger partial charge in [-0.05, 0) is 5.56 Å². The minimum atomic E-state index is -0.692. The fourth-order valence-corrected chi connectivity index (χ4v) is 2.26. The van der Waals surface area contributed by atoms with Crippen molar-refractivity contribution in [2.24, 2.45) is 5.92 Å². The number of carbonyl (C=O) groups excluding carboxylic acids is 2. The molecule has 3 atom stereocenters. The maximum atomic E-state index is 11.5. The van der Waals surface area contributed by atoms with E-state index in [-0.39, 0.29) is 18.2 Å². The van der Waals surface area contributed by atoms with Gasteiger partial charge >= 0.3 is 12.1 Å². The Morgan fingerprint density at radius 2 is 1.94 bits per heavy atom. The predicted molar refractivity (Wildman–Crippen MR) is 62.2 cm³/mol. The number of hydrogen-bond acceptors (Lipinski definition) is 5. The summed E-state index contributed by atoms with van der Waals surface area (Å²) in [6.07, 6.45) is -1.16. The van der Waals surface area contributed by atoms with Gasteiger partial charge < -0.3 is 10.1 Å². The molecule has 1 aromatic rings. The first-order valence-corrected chi connectivity index (χ1v) is 5.80. The summed E-state index contributed by atoms with van der Waals surface area (Å²) >= 11 is 0. The van der Waals surface area contributed by atoms with Crippen LogP contribution in [0.5, 0.6) is 0 Å². The zero-order chi connectivity index (χ0) is 12.5. The van der Waals surface area contributed by atoms with Crippen LogP contribution in [0.4, 0.5) is 4.79 Å². The second-order valence-electron chi connectivity index (χ2n) is 4.36. The van der Waals surface area contributed by atoms with Crippen LogP contribution in [-0.4, -0.2) is 24.8 Å². The predicted octanol–water partition coefficient (Wildman–Crippen LogP) is 0.0867. The van der Waals surface area contributed by atoms with E-state index >= 15 is 0 Å². The third-order valence-corrected chi connectivity index (χ3v) is 3.19. The molecule has 2 heterocycles. The van der Waals surface area contributed by atoms with Crippen molar-refractivity contribution in [2.75, 3.05) is 6.54 Å². The summed E-state index contributed by atoms with van der Waals surface area (Å²) in [5.74, 6) is -0.877. The highest BCUT2D eigenvalue weighted by atomic mass is 16.6. The van der Waals surface area contributed by atoms with Crippen LogP contribution in [0, 0.1) is 5.92 Å². The van der Waals surface area contributed by atoms with Crippen molar-refractivity contribution in [1.29, 1.82) is 0 Å². The Bertz CT molecular complexity index is 477. The number of rotatable bonds is 1. The van der Waals surface area contributed by atoms with Crippen LogP contribution in [-0.2, 0) is 9.53 Å². The zero-order valence-electron chi connectivity index (χ0n) is 9.55. The molecule has 3 rings (SSSR count). The van der Waals surface area contributed by atoms with Crippen LogP contribution in [0.15, 0.2) is 30.3 Å². The summed E-state index contributed by atoms with van der Waals surface area (Å²) in [6.45, 7) is 0.469. The SMILES string of the molecule is O=C1NC2NC(c3ccccc3)NCC2C(=O)O1. The molecule has 0 aliphatic carbocycles. The number of hydrogen-bond donors (Lipinski definition) is 3. The molecule has 0 saturated carbocycles. The Labute approximate surface area is 104 Å². The molecule has 3 unspecified atom stereocenters. The highest BCUT2D eigenvalue weighted by molar-refractivity contribution is 5.89. The molecule has 2 aliphatic heterocycles. The number of fused-ring (bicyclic) bond motifs is 1. The van der Waals surface area contributed by atoms with Gasteiger partial charge in [-0.2, -0.15) is 0 Å². The van der Waals surface area contributed by atoms with Crippen molar-refractivity contribution in [3.05, 3.63) is 35.9 Å². The maximum Gasteiger partial charge on any atom is 0.416 e. The van der Waals surface area contributed by atoms with E-state index in [4.69, 9.17) is 0 Å². The molecule has 1 amide bonds. The minimum Gasteiger partial charge on any atom is -0.376 e. The Morgan fingerprint density at radius 1 is 1.17 bits per heavy atom. The average Bonchev–Trinajstić information content (AvgIpc) is 2.39. The van der Waals surface area contributed by atoms with Crippen molar-refractivity contribution in [3.63, 3.8) is 0 Å². The second-order valence-corrected chi connectivity index (χ2v) is 4.36. The van der Waals surface area contributed by atoms with Crippen molar-refractivity contribution >= 4 is 12.1 Å². The van der Waals surface area contributed by atoms with Crippen LogP contribution in [0.1, 0.15) is 11.7 Å². The quantitative estimate of drug-likeness (QED) is 0.484. The molecule has 0 aromatic heterocycles. The minimum absolute atomic E-state index is 0.0846. The van der Waals surface area contributed by atoms with Crippen LogP contribution in [0.25, 0.3) is 0 Å². The Balaban J connectivity index is 1.77. The molecule has 0 bridgehead atoms. The molecule has 2 aliphatic rings. The van der Waals surface area contributed by atoms with E-state index in [2.05, 4.69) is 20.7 Å². The third-order valence-electron chi connectivity index (χ3n) is 3.19. The van der Waals surface area contributed by atoms with Gasteiger partial charge in [0.15, 0.2) is 0 Å². The van der Waals surface area contributed by atoms with E-state index in [1.54, 1.807) is 0 Å². The summed E-state index contributed by atoms with van der Waals surface area (Å²) in [6, 6.07) is 9.79. The third kappa shape index (κ3) is 1.96. The van der Waals surface area contributed by atoms with E-state index in [1.165, 1.54) is 0 Å². The standard InChI is InChI=1S/C12H13N3O3/c16-11-8-6-13-9(7-4-2-1-3-5-7)14-10(8)15-12(17)18-11/h1-5,8-10,13-14H,6H2,(H,15,17). The van der Waals surface area contributed by atoms with Crippen molar-refractivity contribution in [2.45, 2.75) is 12.3 Å². The highest BCUT2D eigenvalue weighted by Crippen LogP contribution is 2.20. The van der Waals surface area contributed by atoms with Gasteiger partial charge in [0.05, 0.1) is 12.3 Å². The first kappa shape index (κ1) is 11.2. The van der Waals surface area contributed by atoms with E-state index in [0.29, 0.717) is 6.54 Å². The van der Waals surface area contributed by atoms with Crippen molar-refractivity contribution < 1.29 is 14.3 Å². The highest BCUT2D eigenvalue weighted by Gasteiger charge is 2.41. The smallest absolute Gasteiger partial charge is 0.376 e. The van der Waals surface area contributed by atoms with E-state index in [0.717, 1.165) is 5.56 Å². The Kier molecular flexibility index (Phi) is 2.73. The second kappa shape index (κ2) is 4.40. The molecule has 2 saturated heterocycles. The number of ether oxygens (including phenoxy) is 1. The summed E-state index contributed by atoms with van der Waals surface area (Å²) in [7, 11) is 0. The molecule has 1 aromatic carbocycles. The molecule has 3 N–H and O–H groups in total. The molecule has 0 spiro atoms. The number of esters is 1. The van der Waals surface area contributed by atoms with Crippen molar-refractivity contribution in [1.82, 2.24) is 16.0 Å². The zero-order valence-corrected chi connectivity index (χ0v) is 9.55. The lowest BCUT2D eigenvalue weighted by atomic mass is 10.00. The van der Waals surface area contributed by atoms with Gasteiger partial charge in [-0.3, -0.25) is 15.4 Å². The number of amides is 1. The van der Waals surface area contributed by atoms with E-state index in [9.17, 15) is 9.59 Å². The van der Waals surface area contributed by atoms with Crippen LogP contribution < -0.4 is 16.0 Å². The van der Waals surface area contributed by atoms with Gasteiger partial charge in [-0.15, -0.1) is 0 Å². The Hall–Kier alpha value is -1.92. The molecular weight excluding hydrogens is 234 g/mol. The lowest BCUT2D eigenvalue weighted by Gasteiger charge is -2.39. The fraction of sp³-hybridized carbons (Fsp3) is 0.333. The van der Waals surface area contributed by atoms with E-state index < -0.39 is 12.1 Å². The summed E-state index contributed by atoms with van der Waals surface area (Å²) < 4.78 is 4.53. The summed E-state index contributed by atoms with van der Waals surface area (Å²) in [5, 5.41) is 9.02. The maximum absolute atomic E-state index is 11.5. The van der Waals surface area contributed by atoms with Gasteiger partial charge in [0, 0.05) is 6.54 Å². The number of alkyl carbamates (subject to hydrolysis) is 1. The van der Waals surface area contributed by atoms with Crippen LogP contribution >= 0.6 is 0 Å². The van der Waals surface area contributed by atoms with Gasteiger partial charge in [0.1, 0.15) is 5.92 Å². The monoisotopic (exact) mass is 247 g/mol. The van der Waals surface area contributed by atoms with Crippen molar-refractivity contribution in [3.8, 4) is 0 Å². The summed E-state index contributed by atoms with van der Waals surface area (Å²) in [4.78, 5) is 22.7. The molecule has 2 fully saturated rings. The van der Waals surface area contributed by atoms with Crippen LogP contribution in [0.3, 0.4) is 0 Å². The van der Waals surface area contributed by atoms with Gasteiger partial charge in [0.2, 0.25) is 0 Å². The lowest BCUT2D eigenvalue weighted by molar-refractivity contribution is -0.147. The molecule has 6 nitrogen and oxygen atoms in total. The molecular formula is C12H13N3O3. The lowest BCUT2D eigenvalue weighted by Crippen LogP contribution is -2.65. The topological polar surface area (TPSA) is 79.5 Å². The van der Waals surface area contributed by atoms with E-state index in [1.807, 2.05) is 30.3 Å². The average molecular weight is 247 g/mol. The normalized spacial score (nSPS) is 31.2. The number of nitrogens with one attached hydrogen (secondary N) is 3. The number of carbonyl (C=O) groups is 2. The summed E-state index contributed by atoms with van der Waals surface area (Å²) in [5.41, 5.74) is 1.06. The molecule has 18 heavy (non-hydrogen) atoms. The largest absolute Gasteiger partial charge is 0.416 e.